The first-order valence-electron chi connectivity index (χ1n) is 9.10. The maximum Gasteiger partial charge on any atom is 0.244 e. The number of hydrogen-bond donors (Lipinski definition) is 1. The van der Waals surface area contributed by atoms with Crippen molar-refractivity contribution in [1.29, 1.82) is 0 Å². The van der Waals surface area contributed by atoms with Crippen molar-refractivity contribution in [3.63, 3.8) is 0 Å². The molecule has 0 heterocycles. The minimum atomic E-state index is -0.166. The van der Waals surface area contributed by atoms with E-state index in [4.69, 9.17) is 9.47 Å². The number of ether oxygens (including phenoxy) is 2. The lowest BCUT2D eigenvalue weighted by Crippen LogP contribution is -2.20. The second-order valence-corrected chi connectivity index (χ2v) is 6.19. The molecular weight excluding hydrogens is 350 g/mol. The number of methoxy groups -OCH3 is 1. The van der Waals surface area contributed by atoms with Crippen LogP contribution in [0.25, 0.3) is 6.08 Å². The number of rotatable bonds is 8. The average Bonchev–Trinajstić information content (AvgIpc) is 2.76. The van der Waals surface area contributed by atoms with E-state index in [2.05, 4.69) is 5.32 Å². The van der Waals surface area contributed by atoms with Gasteiger partial charge in [-0.1, -0.05) is 72.8 Å². The fraction of sp³-hybridized carbons (Fsp3) is 0.125. The largest absolute Gasteiger partial charge is 0.493 e. The number of amides is 1. The molecule has 0 aromatic heterocycles. The van der Waals surface area contributed by atoms with Gasteiger partial charge in [-0.05, 0) is 23.3 Å². The quantitative estimate of drug-likeness (QED) is 0.587. The van der Waals surface area contributed by atoms with Crippen LogP contribution in [-0.2, 0) is 17.9 Å². The lowest BCUT2D eigenvalue weighted by molar-refractivity contribution is -0.116. The van der Waals surface area contributed by atoms with Crippen molar-refractivity contribution < 1.29 is 14.3 Å². The van der Waals surface area contributed by atoms with Crippen LogP contribution in [0.2, 0.25) is 0 Å². The van der Waals surface area contributed by atoms with Gasteiger partial charge in [-0.3, -0.25) is 4.79 Å². The van der Waals surface area contributed by atoms with E-state index in [1.54, 1.807) is 13.2 Å². The van der Waals surface area contributed by atoms with Crippen molar-refractivity contribution in [2.45, 2.75) is 13.2 Å². The molecule has 0 saturated heterocycles. The first-order chi connectivity index (χ1) is 13.8. The summed E-state index contributed by atoms with van der Waals surface area (Å²) in [6.45, 7) is 0.905. The summed E-state index contributed by atoms with van der Waals surface area (Å²) in [5.74, 6) is 1.07. The molecule has 0 fully saturated rings. The van der Waals surface area contributed by atoms with E-state index in [1.807, 2.05) is 78.9 Å². The molecule has 3 aromatic rings. The van der Waals surface area contributed by atoms with Crippen LogP contribution in [0.3, 0.4) is 0 Å². The molecule has 0 unspecified atom stereocenters. The standard InChI is InChI=1S/C24H23NO3/c1-27-22-14-8-13-21(24(22)28-18-20-11-6-3-7-12-20)15-16-23(26)25-17-19-9-4-2-5-10-19/h2-16H,17-18H2,1H3,(H,25,26)/b16-15+. The Labute approximate surface area is 165 Å². The van der Waals surface area contributed by atoms with Gasteiger partial charge in [-0.15, -0.1) is 0 Å². The first kappa shape index (κ1) is 19.2. The molecular formula is C24H23NO3. The second kappa shape index (κ2) is 9.97. The fourth-order valence-electron chi connectivity index (χ4n) is 2.72. The Morgan fingerprint density at radius 3 is 2.25 bits per heavy atom. The molecule has 0 radical (unpaired) electrons. The Bertz CT molecular complexity index is 921. The van der Waals surface area contributed by atoms with E-state index in [0.29, 0.717) is 24.7 Å². The zero-order chi connectivity index (χ0) is 19.6. The number of hydrogen-bond acceptors (Lipinski definition) is 3. The normalized spacial score (nSPS) is 10.6. The van der Waals surface area contributed by atoms with Gasteiger partial charge in [-0.2, -0.15) is 0 Å². The molecule has 0 atom stereocenters. The monoisotopic (exact) mass is 373 g/mol. The Hall–Kier alpha value is -3.53. The molecule has 0 aliphatic heterocycles. The van der Waals surface area contributed by atoms with Crippen molar-refractivity contribution in [2.75, 3.05) is 7.11 Å². The molecule has 1 N–H and O–H groups in total. The average molecular weight is 373 g/mol. The lowest BCUT2D eigenvalue weighted by Gasteiger charge is -2.13. The zero-order valence-electron chi connectivity index (χ0n) is 15.8. The van der Waals surface area contributed by atoms with Crippen molar-refractivity contribution >= 4 is 12.0 Å². The van der Waals surface area contributed by atoms with Gasteiger partial charge < -0.3 is 14.8 Å². The number of carbonyl (C=O) groups is 1. The summed E-state index contributed by atoms with van der Waals surface area (Å²) >= 11 is 0. The van der Waals surface area contributed by atoms with Crippen molar-refractivity contribution in [2.24, 2.45) is 0 Å². The molecule has 4 nitrogen and oxygen atoms in total. The van der Waals surface area contributed by atoms with Crippen LogP contribution < -0.4 is 14.8 Å². The Morgan fingerprint density at radius 2 is 1.57 bits per heavy atom. The summed E-state index contributed by atoms with van der Waals surface area (Å²) in [5, 5.41) is 2.88. The van der Waals surface area contributed by atoms with E-state index < -0.39 is 0 Å². The van der Waals surface area contributed by atoms with Crippen molar-refractivity contribution in [1.82, 2.24) is 5.32 Å². The Kier molecular flexibility index (Phi) is 6.85. The topological polar surface area (TPSA) is 47.6 Å². The highest BCUT2D eigenvalue weighted by Crippen LogP contribution is 2.32. The van der Waals surface area contributed by atoms with E-state index in [1.165, 1.54) is 6.08 Å². The van der Waals surface area contributed by atoms with Crippen LogP contribution in [-0.4, -0.2) is 13.0 Å². The summed E-state index contributed by atoms with van der Waals surface area (Å²) in [7, 11) is 1.60. The minimum absolute atomic E-state index is 0.166. The number of nitrogens with one attached hydrogen (secondary N) is 1. The molecule has 0 saturated carbocycles. The van der Waals surface area contributed by atoms with Crippen LogP contribution in [0, 0.1) is 0 Å². The Balaban J connectivity index is 1.68. The predicted octanol–water partition coefficient (Wildman–Crippen LogP) is 4.60. The highest BCUT2D eigenvalue weighted by atomic mass is 16.5. The smallest absolute Gasteiger partial charge is 0.244 e. The molecule has 1 amide bonds. The van der Waals surface area contributed by atoms with Gasteiger partial charge in [-0.25, -0.2) is 0 Å². The molecule has 0 spiro atoms. The highest BCUT2D eigenvalue weighted by molar-refractivity contribution is 5.92. The molecule has 0 aliphatic carbocycles. The van der Waals surface area contributed by atoms with E-state index in [9.17, 15) is 4.79 Å². The molecule has 142 valence electrons. The van der Waals surface area contributed by atoms with E-state index >= 15 is 0 Å². The maximum atomic E-state index is 12.2. The van der Waals surface area contributed by atoms with Crippen LogP contribution in [0.1, 0.15) is 16.7 Å². The third kappa shape index (κ3) is 5.48. The second-order valence-electron chi connectivity index (χ2n) is 6.19. The van der Waals surface area contributed by atoms with Gasteiger partial charge in [0.05, 0.1) is 7.11 Å². The number of carbonyl (C=O) groups excluding carboxylic acids is 1. The van der Waals surface area contributed by atoms with Gasteiger partial charge in [0.1, 0.15) is 6.61 Å². The van der Waals surface area contributed by atoms with Crippen molar-refractivity contribution in [3.8, 4) is 11.5 Å². The van der Waals surface area contributed by atoms with Gasteiger partial charge in [0.25, 0.3) is 0 Å². The number of benzene rings is 3. The van der Waals surface area contributed by atoms with Crippen LogP contribution in [0.5, 0.6) is 11.5 Å². The van der Waals surface area contributed by atoms with Gasteiger partial charge in [0.2, 0.25) is 5.91 Å². The molecule has 4 heteroatoms. The molecule has 3 aromatic carbocycles. The van der Waals surface area contributed by atoms with Crippen LogP contribution >= 0.6 is 0 Å². The predicted molar refractivity (Wildman–Crippen MR) is 111 cm³/mol. The van der Waals surface area contributed by atoms with E-state index in [0.717, 1.165) is 16.7 Å². The molecule has 28 heavy (non-hydrogen) atoms. The molecule has 3 rings (SSSR count). The number of para-hydroxylation sites is 1. The summed E-state index contributed by atoms with van der Waals surface area (Å²) in [4.78, 5) is 12.2. The summed E-state index contributed by atoms with van der Waals surface area (Å²) in [5.41, 5.74) is 2.89. The van der Waals surface area contributed by atoms with Crippen LogP contribution in [0.4, 0.5) is 0 Å². The van der Waals surface area contributed by atoms with Gasteiger partial charge in [0, 0.05) is 18.2 Å². The Morgan fingerprint density at radius 1 is 0.893 bits per heavy atom. The first-order valence-corrected chi connectivity index (χ1v) is 9.10. The molecule has 0 bridgehead atoms. The zero-order valence-corrected chi connectivity index (χ0v) is 15.8. The SMILES string of the molecule is COc1cccc(/C=C/C(=O)NCc2ccccc2)c1OCc1ccccc1. The van der Waals surface area contributed by atoms with Gasteiger partial charge >= 0.3 is 0 Å². The summed E-state index contributed by atoms with van der Waals surface area (Å²) < 4.78 is 11.4. The maximum absolute atomic E-state index is 12.2. The summed E-state index contributed by atoms with van der Waals surface area (Å²) in [6.07, 6.45) is 3.25. The third-order valence-electron chi connectivity index (χ3n) is 4.18. The lowest BCUT2D eigenvalue weighted by atomic mass is 10.1. The van der Waals surface area contributed by atoms with E-state index in [-0.39, 0.29) is 5.91 Å². The van der Waals surface area contributed by atoms with Crippen LogP contribution in [0.15, 0.2) is 84.9 Å². The third-order valence-corrected chi connectivity index (χ3v) is 4.18. The van der Waals surface area contributed by atoms with Crippen molar-refractivity contribution in [3.05, 3.63) is 102 Å². The highest BCUT2D eigenvalue weighted by Gasteiger charge is 2.09. The molecule has 0 aliphatic rings. The van der Waals surface area contributed by atoms with Gasteiger partial charge in [0.15, 0.2) is 11.5 Å². The summed E-state index contributed by atoms with van der Waals surface area (Å²) in [6, 6.07) is 25.3. The minimum Gasteiger partial charge on any atom is -0.493 e. The fourth-order valence-corrected chi connectivity index (χ4v) is 2.72.